The fourth-order valence-corrected chi connectivity index (χ4v) is 1.83. The number of hydrogen-bond acceptors (Lipinski definition) is 4. The molecular weight excluding hydrogens is 421 g/mol. The number of carbonyl (C=O) groups is 1. The number of likely N-dealkylation sites (N-methyl/N-ethyl adjacent to an activating group) is 1. The van der Waals surface area contributed by atoms with Gasteiger partial charge in [-0.15, -0.1) is 24.0 Å². The SMILES string of the molecule is CCNC(=NCC(=O)N(C)CCc1ccccn1)NCCOC.I. The molecule has 0 saturated heterocycles. The molecule has 24 heavy (non-hydrogen) atoms. The van der Waals surface area contributed by atoms with Gasteiger partial charge in [0.25, 0.3) is 0 Å². The molecule has 1 amide bonds. The number of aliphatic imine (C=N–C) groups is 1. The molecule has 1 heterocycles. The van der Waals surface area contributed by atoms with Crippen LogP contribution in [-0.4, -0.2) is 68.7 Å². The highest BCUT2D eigenvalue weighted by molar-refractivity contribution is 14.0. The zero-order chi connectivity index (χ0) is 16.9. The fraction of sp³-hybridized carbons (Fsp3) is 0.562. The summed E-state index contributed by atoms with van der Waals surface area (Å²) in [6, 6.07) is 5.79. The first-order valence-electron chi connectivity index (χ1n) is 7.82. The first kappa shape index (κ1) is 22.6. The van der Waals surface area contributed by atoms with Crippen LogP contribution in [0.2, 0.25) is 0 Å². The van der Waals surface area contributed by atoms with Crippen LogP contribution in [0.1, 0.15) is 12.6 Å². The maximum Gasteiger partial charge on any atom is 0.244 e. The molecule has 0 fully saturated rings. The second-order valence-electron chi connectivity index (χ2n) is 5.00. The Hall–Kier alpha value is -1.42. The lowest BCUT2D eigenvalue weighted by Gasteiger charge is -2.16. The molecule has 136 valence electrons. The third kappa shape index (κ3) is 9.66. The van der Waals surface area contributed by atoms with Crippen LogP contribution in [0, 0.1) is 0 Å². The molecule has 0 aliphatic rings. The van der Waals surface area contributed by atoms with Gasteiger partial charge in [-0.3, -0.25) is 9.78 Å². The van der Waals surface area contributed by atoms with E-state index in [1.807, 2.05) is 25.1 Å². The fourth-order valence-electron chi connectivity index (χ4n) is 1.83. The molecule has 0 atom stereocenters. The van der Waals surface area contributed by atoms with Crippen LogP contribution in [-0.2, 0) is 16.0 Å². The van der Waals surface area contributed by atoms with Crippen molar-refractivity contribution in [2.75, 3.05) is 46.9 Å². The van der Waals surface area contributed by atoms with Crippen molar-refractivity contribution in [2.24, 2.45) is 4.99 Å². The van der Waals surface area contributed by atoms with Gasteiger partial charge in [-0.25, -0.2) is 4.99 Å². The zero-order valence-electron chi connectivity index (χ0n) is 14.6. The normalized spacial score (nSPS) is 10.7. The van der Waals surface area contributed by atoms with Crippen LogP contribution < -0.4 is 10.6 Å². The van der Waals surface area contributed by atoms with E-state index in [0.29, 0.717) is 25.7 Å². The number of nitrogens with one attached hydrogen (secondary N) is 2. The Labute approximate surface area is 161 Å². The van der Waals surface area contributed by atoms with Crippen molar-refractivity contribution in [3.05, 3.63) is 30.1 Å². The predicted octanol–water partition coefficient (Wildman–Crippen LogP) is 0.902. The van der Waals surface area contributed by atoms with Crippen LogP contribution in [0.15, 0.2) is 29.4 Å². The van der Waals surface area contributed by atoms with Crippen LogP contribution >= 0.6 is 24.0 Å². The lowest BCUT2D eigenvalue weighted by atomic mass is 10.2. The van der Waals surface area contributed by atoms with Gasteiger partial charge in [0.05, 0.1) is 6.61 Å². The minimum atomic E-state index is -0.0233. The Balaban J connectivity index is 0.00000529. The molecule has 7 nitrogen and oxygen atoms in total. The third-order valence-electron chi connectivity index (χ3n) is 3.17. The van der Waals surface area contributed by atoms with E-state index in [2.05, 4.69) is 20.6 Å². The van der Waals surface area contributed by atoms with Gasteiger partial charge in [-0.05, 0) is 19.1 Å². The molecule has 0 spiro atoms. The van der Waals surface area contributed by atoms with E-state index in [-0.39, 0.29) is 36.4 Å². The molecule has 1 aromatic rings. The summed E-state index contributed by atoms with van der Waals surface area (Å²) in [6.45, 7) is 4.69. The number of nitrogens with zero attached hydrogens (tertiary/aromatic N) is 3. The average molecular weight is 449 g/mol. The average Bonchev–Trinajstić information content (AvgIpc) is 2.58. The van der Waals surface area contributed by atoms with Crippen molar-refractivity contribution in [3.63, 3.8) is 0 Å². The molecule has 1 aromatic heterocycles. The van der Waals surface area contributed by atoms with Gasteiger partial charge in [0.15, 0.2) is 5.96 Å². The summed E-state index contributed by atoms with van der Waals surface area (Å²) in [5.41, 5.74) is 0.977. The highest BCUT2D eigenvalue weighted by atomic mass is 127. The molecule has 0 radical (unpaired) electrons. The summed E-state index contributed by atoms with van der Waals surface area (Å²) in [5, 5.41) is 6.20. The van der Waals surface area contributed by atoms with Gasteiger partial charge in [-0.1, -0.05) is 6.07 Å². The van der Waals surface area contributed by atoms with Crippen molar-refractivity contribution in [1.29, 1.82) is 0 Å². The molecule has 2 N–H and O–H groups in total. The molecule has 0 saturated carbocycles. The maximum atomic E-state index is 12.1. The van der Waals surface area contributed by atoms with E-state index in [0.717, 1.165) is 18.7 Å². The Bertz CT molecular complexity index is 485. The van der Waals surface area contributed by atoms with Gasteiger partial charge < -0.3 is 20.3 Å². The maximum absolute atomic E-state index is 12.1. The van der Waals surface area contributed by atoms with Gasteiger partial charge in [0, 0.05) is 52.1 Å². The lowest BCUT2D eigenvalue weighted by Crippen LogP contribution is -2.40. The van der Waals surface area contributed by atoms with E-state index in [9.17, 15) is 4.79 Å². The highest BCUT2D eigenvalue weighted by Gasteiger charge is 2.09. The van der Waals surface area contributed by atoms with Crippen LogP contribution in [0.5, 0.6) is 0 Å². The van der Waals surface area contributed by atoms with Crippen molar-refractivity contribution < 1.29 is 9.53 Å². The summed E-state index contributed by atoms with van der Waals surface area (Å²) in [4.78, 5) is 22.3. The Kier molecular flexibility index (Phi) is 13.1. The molecule has 0 unspecified atom stereocenters. The molecular formula is C16H28IN5O2. The Morgan fingerprint density at radius 3 is 2.79 bits per heavy atom. The van der Waals surface area contributed by atoms with Crippen LogP contribution in [0.4, 0.5) is 0 Å². The van der Waals surface area contributed by atoms with Crippen LogP contribution in [0.25, 0.3) is 0 Å². The summed E-state index contributed by atoms with van der Waals surface area (Å²) in [7, 11) is 3.43. The van der Waals surface area contributed by atoms with Gasteiger partial charge in [0.2, 0.25) is 5.91 Å². The van der Waals surface area contributed by atoms with Crippen molar-refractivity contribution in [1.82, 2.24) is 20.5 Å². The Morgan fingerprint density at radius 2 is 2.17 bits per heavy atom. The number of hydrogen-bond donors (Lipinski definition) is 2. The number of carbonyl (C=O) groups excluding carboxylic acids is 1. The molecule has 8 heteroatoms. The van der Waals surface area contributed by atoms with Gasteiger partial charge in [-0.2, -0.15) is 0 Å². The first-order valence-corrected chi connectivity index (χ1v) is 7.82. The lowest BCUT2D eigenvalue weighted by molar-refractivity contribution is -0.128. The summed E-state index contributed by atoms with van der Waals surface area (Å²) in [5.74, 6) is 0.598. The quantitative estimate of drug-likeness (QED) is 0.254. The number of methoxy groups -OCH3 is 1. The largest absolute Gasteiger partial charge is 0.383 e. The zero-order valence-corrected chi connectivity index (χ0v) is 16.9. The van der Waals surface area contributed by atoms with E-state index in [1.54, 1.807) is 25.3 Å². The van der Waals surface area contributed by atoms with E-state index in [1.165, 1.54) is 0 Å². The third-order valence-corrected chi connectivity index (χ3v) is 3.17. The summed E-state index contributed by atoms with van der Waals surface area (Å²) >= 11 is 0. The van der Waals surface area contributed by atoms with Crippen molar-refractivity contribution in [2.45, 2.75) is 13.3 Å². The first-order chi connectivity index (χ1) is 11.2. The number of guanidine groups is 1. The van der Waals surface area contributed by atoms with E-state index < -0.39 is 0 Å². The molecule has 0 aromatic carbocycles. The van der Waals surface area contributed by atoms with Crippen LogP contribution in [0.3, 0.4) is 0 Å². The van der Waals surface area contributed by atoms with Gasteiger partial charge >= 0.3 is 0 Å². The number of rotatable bonds is 9. The predicted molar refractivity (Wildman–Crippen MR) is 107 cm³/mol. The van der Waals surface area contributed by atoms with Gasteiger partial charge in [0.1, 0.15) is 6.54 Å². The highest BCUT2D eigenvalue weighted by Crippen LogP contribution is 1.97. The minimum absolute atomic E-state index is 0. The van der Waals surface area contributed by atoms with Crippen molar-refractivity contribution >= 4 is 35.8 Å². The van der Waals surface area contributed by atoms with E-state index in [4.69, 9.17) is 4.74 Å². The minimum Gasteiger partial charge on any atom is -0.383 e. The molecule has 1 rings (SSSR count). The number of amides is 1. The second kappa shape index (κ2) is 14.0. The standard InChI is InChI=1S/C16H27N5O2.HI/c1-4-17-16(19-10-12-23-3)20-13-15(22)21(2)11-8-14-7-5-6-9-18-14;/h5-7,9H,4,8,10-13H2,1-3H3,(H2,17,19,20);1H. The second-order valence-corrected chi connectivity index (χ2v) is 5.00. The number of aromatic nitrogens is 1. The molecule has 0 aliphatic heterocycles. The van der Waals surface area contributed by atoms with E-state index >= 15 is 0 Å². The topological polar surface area (TPSA) is 78.9 Å². The number of pyridine rings is 1. The summed E-state index contributed by atoms with van der Waals surface area (Å²) < 4.78 is 4.98. The number of ether oxygens (including phenoxy) is 1. The monoisotopic (exact) mass is 449 g/mol. The summed E-state index contributed by atoms with van der Waals surface area (Å²) in [6.07, 6.45) is 2.49. The Morgan fingerprint density at radius 1 is 1.38 bits per heavy atom. The molecule has 0 aliphatic carbocycles. The molecule has 0 bridgehead atoms. The van der Waals surface area contributed by atoms with Crippen molar-refractivity contribution in [3.8, 4) is 0 Å². The smallest absolute Gasteiger partial charge is 0.244 e. The number of halogens is 1.